The van der Waals surface area contributed by atoms with E-state index in [1.807, 2.05) is 44.2 Å². The first-order chi connectivity index (χ1) is 21.0. The lowest BCUT2D eigenvalue weighted by atomic mass is 10.0. The SMILES string of the molecule is CNC(=O)[C@H](Cc1ccccc1)N(Cc1ccccc1Cl)C(=O)CN(c1cc(C)ccc1OC)S(=O)(=O)c1ccc(C)cc1. The standard InChI is InChI=1S/C34H36ClN3O5S/c1-24-14-17-28(18-15-24)44(41,42)38(30-20-25(2)16-19-32(30)43-4)23-33(39)37(22-27-12-8-9-13-29(27)35)31(34(40)36-3)21-26-10-6-5-7-11-26/h5-20,31H,21-23H2,1-4H3,(H,36,40)/t31-/m0/s1. The van der Waals surface area contributed by atoms with Crippen LogP contribution in [-0.4, -0.2) is 51.9 Å². The molecule has 0 radical (unpaired) electrons. The Kier molecular flexibility index (Phi) is 10.7. The van der Waals surface area contributed by atoms with Crippen molar-refractivity contribution in [3.63, 3.8) is 0 Å². The number of halogens is 1. The molecule has 10 heteroatoms. The van der Waals surface area contributed by atoms with Gasteiger partial charge in [0.1, 0.15) is 18.3 Å². The normalized spacial score (nSPS) is 11.8. The molecule has 44 heavy (non-hydrogen) atoms. The molecule has 0 spiro atoms. The Labute approximate surface area is 264 Å². The number of amides is 2. The summed E-state index contributed by atoms with van der Waals surface area (Å²) in [5, 5.41) is 3.10. The number of nitrogens with zero attached hydrogens (tertiary/aromatic N) is 2. The van der Waals surface area contributed by atoms with Crippen LogP contribution < -0.4 is 14.4 Å². The second-order valence-electron chi connectivity index (χ2n) is 10.4. The molecular weight excluding hydrogens is 598 g/mol. The highest BCUT2D eigenvalue weighted by Crippen LogP contribution is 2.34. The van der Waals surface area contributed by atoms with E-state index < -0.39 is 34.4 Å². The van der Waals surface area contributed by atoms with Gasteiger partial charge in [-0.05, 0) is 60.9 Å². The van der Waals surface area contributed by atoms with Gasteiger partial charge in [0.05, 0.1) is 17.7 Å². The smallest absolute Gasteiger partial charge is 0.264 e. The molecule has 0 heterocycles. The van der Waals surface area contributed by atoms with E-state index in [-0.39, 0.29) is 29.3 Å². The average Bonchev–Trinajstić information content (AvgIpc) is 3.02. The number of hydrogen-bond acceptors (Lipinski definition) is 5. The highest BCUT2D eigenvalue weighted by Gasteiger charge is 2.35. The van der Waals surface area contributed by atoms with Crippen LogP contribution in [0.15, 0.2) is 102 Å². The van der Waals surface area contributed by atoms with Crippen LogP contribution >= 0.6 is 11.6 Å². The molecule has 0 aromatic heterocycles. The van der Waals surface area contributed by atoms with Crippen LogP contribution in [0.3, 0.4) is 0 Å². The Morgan fingerprint density at radius 2 is 1.52 bits per heavy atom. The zero-order valence-electron chi connectivity index (χ0n) is 25.2. The molecule has 0 saturated carbocycles. The van der Waals surface area contributed by atoms with Crippen LogP contribution in [0.4, 0.5) is 5.69 Å². The van der Waals surface area contributed by atoms with Gasteiger partial charge in [0, 0.05) is 25.0 Å². The minimum atomic E-state index is -4.26. The maximum Gasteiger partial charge on any atom is 0.264 e. The summed E-state index contributed by atoms with van der Waals surface area (Å²) in [4.78, 5) is 29.3. The van der Waals surface area contributed by atoms with Crippen molar-refractivity contribution in [2.24, 2.45) is 0 Å². The number of carbonyl (C=O) groups is 2. The summed E-state index contributed by atoms with van der Waals surface area (Å²) in [6.45, 7) is 3.07. The van der Waals surface area contributed by atoms with Crippen molar-refractivity contribution >= 4 is 39.1 Å². The van der Waals surface area contributed by atoms with Gasteiger partial charge < -0.3 is 15.0 Å². The van der Waals surface area contributed by atoms with E-state index >= 15 is 0 Å². The van der Waals surface area contributed by atoms with Crippen molar-refractivity contribution in [2.75, 3.05) is 25.0 Å². The van der Waals surface area contributed by atoms with Gasteiger partial charge in [-0.15, -0.1) is 0 Å². The quantitative estimate of drug-likeness (QED) is 0.221. The van der Waals surface area contributed by atoms with Crippen molar-refractivity contribution in [2.45, 2.75) is 37.8 Å². The summed E-state index contributed by atoms with van der Waals surface area (Å²) in [7, 11) is -1.31. The van der Waals surface area contributed by atoms with Crippen molar-refractivity contribution < 1.29 is 22.7 Å². The van der Waals surface area contributed by atoms with Crippen molar-refractivity contribution in [3.05, 3.63) is 124 Å². The highest BCUT2D eigenvalue weighted by atomic mass is 35.5. The number of anilines is 1. The molecule has 0 bridgehead atoms. The molecule has 1 atom stereocenters. The van der Waals surface area contributed by atoms with E-state index in [1.54, 1.807) is 54.6 Å². The van der Waals surface area contributed by atoms with Crippen molar-refractivity contribution in [3.8, 4) is 5.75 Å². The summed E-state index contributed by atoms with van der Waals surface area (Å²) in [6.07, 6.45) is 0.204. The van der Waals surface area contributed by atoms with Crippen LogP contribution in [0.2, 0.25) is 5.02 Å². The second-order valence-corrected chi connectivity index (χ2v) is 12.7. The minimum Gasteiger partial charge on any atom is -0.495 e. The van der Waals surface area contributed by atoms with Gasteiger partial charge in [-0.2, -0.15) is 0 Å². The maximum absolute atomic E-state index is 14.5. The molecule has 1 N–H and O–H groups in total. The van der Waals surface area contributed by atoms with Crippen molar-refractivity contribution in [1.29, 1.82) is 0 Å². The molecule has 0 saturated heterocycles. The highest BCUT2D eigenvalue weighted by molar-refractivity contribution is 7.92. The number of methoxy groups -OCH3 is 1. The van der Waals surface area contributed by atoms with Crippen LogP contribution in [0.1, 0.15) is 22.3 Å². The minimum absolute atomic E-state index is 0.0178. The monoisotopic (exact) mass is 633 g/mol. The van der Waals surface area contributed by atoms with Gasteiger partial charge in [-0.25, -0.2) is 8.42 Å². The maximum atomic E-state index is 14.5. The average molecular weight is 634 g/mol. The molecule has 230 valence electrons. The number of aryl methyl sites for hydroxylation is 2. The van der Waals surface area contributed by atoms with Gasteiger partial charge >= 0.3 is 0 Å². The lowest BCUT2D eigenvalue weighted by Gasteiger charge is -2.34. The number of hydrogen-bond donors (Lipinski definition) is 1. The Morgan fingerprint density at radius 3 is 2.16 bits per heavy atom. The fraction of sp³-hybridized carbons (Fsp3) is 0.235. The predicted octanol–water partition coefficient (Wildman–Crippen LogP) is 5.55. The van der Waals surface area contributed by atoms with E-state index in [4.69, 9.17) is 16.3 Å². The number of ether oxygens (including phenoxy) is 1. The molecule has 8 nitrogen and oxygen atoms in total. The molecule has 2 amide bonds. The van der Waals surface area contributed by atoms with Crippen LogP contribution in [0, 0.1) is 13.8 Å². The number of rotatable bonds is 12. The lowest BCUT2D eigenvalue weighted by molar-refractivity contribution is -0.139. The van der Waals surface area contributed by atoms with Crippen LogP contribution in [-0.2, 0) is 32.6 Å². The summed E-state index contributed by atoms with van der Waals surface area (Å²) in [6, 6.07) is 27.0. The molecule has 0 fully saturated rings. The zero-order valence-corrected chi connectivity index (χ0v) is 26.7. The van der Waals surface area contributed by atoms with Crippen LogP contribution in [0.25, 0.3) is 0 Å². The molecule has 0 unspecified atom stereocenters. The van der Waals surface area contributed by atoms with Gasteiger partial charge in [-0.3, -0.25) is 13.9 Å². The lowest BCUT2D eigenvalue weighted by Crippen LogP contribution is -2.53. The number of nitrogens with one attached hydrogen (secondary N) is 1. The van der Waals surface area contributed by atoms with Gasteiger partial charge in [0.25, 0.3) is 10.0 Å². The Bertz CT molecular complexity index is 1710. The first-order valence-corrected chi connectivity index (χ1v) is 15.9. The first kappa shape index (κ1) is 32.6. The molecule has 4 aromatic carbocycles. The van der Waals surface area contributed by atoms with Crippen molar-refractivity contribution in [1.82, 2.24) is 10.2 Å². The molecule has 0 aliphatic rings. The largest absolute Gasteiger partial charge is 0.495 e. The zero-order chi connectivity index (χ0) is 31.9. The number of carbonyl (C=O) groups excluding carboxylic acids is 2. The third kappa shape index (κ3) is 7.59. The van der Waals surface area contributed by atoms with E-state index in [9.17, 15) is 18.0 Å². The fourth-order valence-corrected chi connectivity index (χ4v) is 6.49. The van der Waals surface area contributed by atoms with E-state index in [0.717, 1.165) is 21.0 Å². The van der Waals surface area contributed by atoms with Gasteiger partial charge in [0.15, 0.2) is 0 Å². The molecule has 0 aliphatic carbocycles. The Morgan fingerprint density at radius 1 is 0.886 bits per heavy atom. The van der Waals surface area contributed by atoms with Crippen LogP contribution in [0.5, 0.6) is 5.75 Å². The Balaban J connectivity index is 1.85. The van der Waals surface area contributed by atoms with E-state index in [0.29, 0.717) is 10.6 Å². The summed E-state index contributed by atoms with van der Waals surface area (Å²) >= 11 is 6.51. The number of sulfonamides is 1. The summed E-state index contributed by atoms with van der Waals surface area (Å²) in [5.41, 5.74) is 3.32. The number of likely N-dealkylation sites (N-methyl/N-ethyl adjacent to an activating group) is 1. The molecule has 4 aromatic rings. The van der Waals surface area contributed by atoms with E-state index in [2.05, 4.69) is 5.32 Å². The fourth-order valence-electron chi connectivity index (χ4n) is 4.88. The molecular formula is C34H36ClN3O5S. The Hall–Kier alpha value is -4.34. The van der Waals surface area contributed by atoms with Gasteiger partial charge in [0.2, 0.25) is 11.8 Å². The van der Waals surface area contributed by atoms with E-state index in [1.165, 1.54) is 31.2 Å². The third-order valence-electron chi connectivity index (χ3n) is 7.31. The second kappa shape index (κ2) is 14.4. The number of benzene rings is 4. The summed E-state index contributed by atoms with van der Waals surface area (Å²) < 4.78 is 35.1. The molecule has 0 aliphatic heterocycles. The molecule has 4 rings (SSSR count). The van der Waals surface area contributed by atoms with Gasteiger partial charge in [-0.1, -0.05) is 83.9 Å². The summed E-state index contributed by atoms with van der Waals surface area (Å²) in [5.74, 6) is -0.701. The topological polar surface area (TPSA) is 96.0 Å². The first-order valence-electron chi connectivity index (χ1n) is 14.1. The third-order valence-corrected chi connectivity index (χ3v) is 9.45. The predicted molar refractivity (Wildman–Crippen MR) is 173 cm³/mol.